The maximum Gasteiger partial charge on any atom is 0.340 e. The molecule has 1 atom stereocenters. The van der Waals surface area contributed by atoms with Crippen molar-refractivity contribution in [1.82, 2.24) is 14.8 Å². The number of hydrogen-bond donors (Lipinski definition) is 1. The molecule has 1 aromatic carbocycles. The Kier molecular flexibility index (Phi) is 5.34. The van der Waals surface area contributed by atoms with Crippen molar-refractivity contribution in [1.29, 1.82) is 0 Å². The number of aromatic nitrogens is 3. The molecule has 1 unspecified atom stereocenters. The Bertz CT molecular complexity index is 1050. The summed E-state index contributed by atoms with van der Waals surface area (Å²) < 4.78 is 6.87. The van der Waals surface area contributed by atoms with Crippen LogP contribution in [0.3, 0.4) is 0 Å². The molecular weight excluding hydrogens is 391 g/mol. The highest BCUT2D eigenvalue weighted by Gasteiger charge is 2.21. The Morgan fingerprint density at radius 1 is 1.30 bits per heavy atom. The highest BCUT2D eigenvalue weighted by atomic mass is 35.5. The second-order valence-electron chi connectivity index (χ2n) is 5.94. The number of benzene rings is 1. The van der Waals surface area contributed by atoms with Gasteiger partial charge in [0.05, 0.1) is 27.0 Å². The lowest BCUT2D eigenvalue weighted by Crippen LogP contribution is -2.30. The zero-order valence-electron chi connectivity index (χ0n) is 14.8. The Hall–Kier alpha value is -2.64. The minimum Gasteiger partial charge on any atom is -0.449 e. The van der Waals surface area contributed by atoms with Gasteiger partial charge in [-0.15, -0.1) is 0 Å². The van der Waals surface area contributed by atoms with Crippen LogP contribution in [0.1, 0.15) is 23.0 Å². The lowest BCUT2D eigenvalue weighted by Gasteiger charge is -2.14. The van der Waals surface area contributed by atoms with Gasteiger partial charge in [0.1, 0.15) is 0 Å². The smallest absolute Gasteiger partial charge is 0.340 e. The van der Waals surface area contributed by atoms with E-state index in [0.29, 0.717) is 16.4 Å². The molecule has 0 saturated heterocycles. The molecule has 0 radical (unpaired) electrons. The molecule has 9 heteroatoms. The molecule has 7 nitrogen and oxygen atoms in total. The van der Waals surface area contributed by atoms with E-state index < -0.39 is 18.0 Å². The first-order valence-corrected chi connectivity index (χ1v) is 8.78. The van der Waals surface area contributed by atoms with Crippen molar-refractivity contribution in [3.63, 3.8) is 0 Å². The second-order valence-corrected chi connectivity index (χ2v) is 6.73. The average molecular weight is 407 g/mol. The molecule has 2 aromatic heterocycles. The quantitative estimate of drug-likeness (QED) is 0.666. The molecule has 0 saturated carbocycles. The van der Waals surface area contributed by atoms with Crippen LogP contribution in [0, 0.1) is 6.92 Å². The molecule has 3 aromatic rings. The average Bonchev–Trinajstić information content (AvgIpc) is 2.92. The molecule has 27 heavy (non-hydrogen) atoms. The summed E-state index contributed by atoms with van der Waals surface area (Å²) in [6, 6.07) is 6.50. The number of nitrogens with zero attached hydrogens (tertiary/aromatic N) is 3. The summed E-state index contributed by atoms with van der Waals surface area (Å²) in [7, 11) is 1.77. The summed E-state index contributed by atoms with van der Waals surface area (Å²) in [6.45, 7) is 3.29. The van der Waals surface area contributed by atoms with Crippen molar-refractivity contribution in [2.24, 2.45) is 7.05 Å². The van der Waals surface area contributed by atoms with Crippen molar-refractivity contribution in [3.8, 4) is 0 Å². The van der Waals surface area contributed by atoms with Crippen molar-refractivity contribution in [2.45, 2.75) is 20.0 Å². The number of carbonyl (C=O) groups is 2. The maximum absolute atomic E-state index is 12.4. The molecule has 0 spiro atoms. The van der Waals surface area contributed by atoms with Crippen LogP contribution in [0.2, 0.25) is 10.0 Å². The minimum atomic E-state index is -1.04. The summed E-state index contributed by atoms with van der Waals surface area (Å²) in [4.78, 5) is 28.9. The number of aryl methyl sites for hydroxylation is 2. The zero-order valence-corrected chi connectivity index (χ0v) is 16.3. The fourth-order valence-corrected chi connectivity index (χ4v) is 2.88. The summed E-state index contributed by atoms with van der Waals surface area (Å²) >= 11 is 12.0. The first-order chi connectivity index (χ1) is 12.8. The van der Waals surface area contributed by atoms with Gasteiger partial charge in [-0.1, -0.05) is 29.3 Å². The van der Waals surface area contributed by atoms with E-state index in [-0.39, 0.29) is 10.6 Å². The van der Waals surface area contributed by atoms with Gasteiger partial charge in [0.15, 0.2) is 11.8 Å². The van der Waals surface area contributed by atoms with Gasteiger partial charge in [-0.2, -0.15) is 5.10 Å². The van der Waals surface area contributed by atoms with E-state index >= 15 is 0 Å². The molecular formula is C18H16Cl2N4O3. The van der Waals surface area contributed by atoms with Crippen molar-refractivity contribution >= 4 is 51.8 Å². The lowest BCUT2D eigenvalue weighted by atomic mass is 10.2. The van der Waals surface area contributed by atoms with Crippen LogP contribution in [-0.2, 0) is 16.6 Å². The summed E-state index contributed by atoms with van der Waals surface area (Å²) in [5.41, 5.74) is 1.98. The SMILES string of the molecule is Cc1nn(C)c2ncc(C(=O)OC(C)C(=O)Nc3cccc(Cl)c3Cl)cc12. The number of anilines is 1. The summed E-state index contributed by atoms with van der Waals surface area (Å²) in [6.07, 6.45) is 0.350. The third kappa shape index (κ3) is 3.89. The molecule has 0 fully saturated rings. The van der Waals surface area contributed by atoms with Gasteiger partial charge in [-0.3, -0.25) is 9.48 Å². The third-order valence-corrected chi connectivity index (χ3v) is 4.78. The standard InChI is InChI=1S/C18H16Cl2N4O3/c1-9-12-7-11(8-21-16(12)24(3)23-9)18(26)27-10(2)17(25)22-14-6-4-5-13(19)15(14)20/h4-8,10H,1-3H3,(H,22,25). The van der Waals surface area contributed by atoms with E-state index in [1.807, 2.05) is 6.92 Å². The van der Waals surface area contributed by atoms with Crippen LogP contribution in [0.25, 0.3) is 11.0 Å². The summed E-state index contributed by atoms with van der Waals surface area (Å²) in [5.74, 6) is -1.19. The van der Waals surface area contributed by atoms with Crippen LogP contribution in [0.4, 0.5) is 5.69 Å². The van der Waals surface area contributed by atoms with Gasteiger partial charge >= 0.3 is 5.97 Å². The van der Waals surface area contributed by atoms with Gasteiger partial charge in [0.25, 0.3) is 5.91 Å². The van der Waals surface area contributed by atoms with Crippen LogP contribution in [0.15, 0.2) is 30.5 Å². The van der Waals surface area contributed by atoms with E-state index in [9.17, 15) is 9.59 Å². The predicted octanol–water partition coefficient (Wildman–Crippen LogP) is 3.77. The molecule has 140 valence electrons. The first-order valence-electron chi connectivity index (χ1n) is 8.03. The molecule has 1 amide bonds. The molecule has 0 bridgehead atoms. The molecule has 3 rings (SSSR count). The number of fused-ring (bicyclic) bond motifs is 1. The lowest BCUT2D eigenvalue weighted by molar-refractivity contribution is -0.123. The number of hydrogen-bond acceptors (Lipinski definition) is 5. The molecule has 0 aliphatic rings. The Morgan fingerprint density at radius 2 is 2.04 bits per heavy atom. The third-order valence-electron chi connectivity index (χ3n) is 3.96. The largest absolute Gasteiger partial charge is 0.449 e. The summed E-state index contributed by atoms with van der Waals surface area (Å²) in [5, 5.41) is 8.12. The maximum atomic E-state index is 12.4. The van der Waals surface area contributed by atoms with Gasteiger partial charge in [-0.05, 0) is 32.0 Å². The highest BCUT2D eigenvalue weighted by molar-refractivity contribution is 6.44. The van der Waals surface area contributed by atoms with Gasteiger partial charge < -0.3 is 10.1 Å². The Labute approximate surface area is 165 Å². The number of rotatable bonds is 4. The normalized spacial score (nSPS) is 12.0. The van der Waals surface area contributed by atoms with Crippen LogP contribution >= 0.6 is 23.2 Å². The second kappa shape index (κ2) is 7.54. The van der Waals surface area contributed by atoms with Crippen LogP contribution in [-0.4, -0.2) is 32.7 Å². The fraction of sp³-hybridized carbons (Fsp3) is 0.222. The molecule has 0 aliphatic heterocycles. The van der Waals surface area contributed by atoms with E-state index in [4.69, 9.17) is 27.9 Å². The predicted molar refractivity (Wildman–Crippen MR) is 103 cm³/mol. The minimum absolute atomic E-state index is 0.216. The number of amides is 1. The van der Waals surface area contributed by atoms with E-state index in [1.165, 1.54) is 13.1 Å². The van der Waals surface area contributed by atoms with Crippen molar-refractivity contribution < 1.29 is 14.3 Å². The Morgan fingerprint density at radius 3 is 2.78 bits per heavy atom. The number of halogens is 2. The van der Waals surface area contributed by atoms with Crippen molar-refractivity contribution in [3.05, 3.63) is 51.8 Å². The highest BCUT2D eigenvalue weighted by Crippen LogP contribution is 2.29. The number of esters is 1. The number of ether oxygens (including phenoxy) is 1. The van der Waals surface area contributed by atoms with Crippen LogP contribution < -0.4 is 5.32 Å². The van der Waals surface area contributed by atoms with E-state index in [0.717, 1.165) is 11.1 Å². The topological polar surface area (TPSA) is 86.1 Å². The van der Waals surface area contributed by atoms with Crippen LogP contribution in [0.5, 0.6) is 0 Å². The molecule has 2 heterocycles. The molecule has 1 N–H and O–H groups in total. The Balaban J connectivity index is 1.72. The van der Waals surface area contributed by atoms with E-state index in [1.54, 1.807) is 36.0 Å². The monoisotopic (exact) mass is 406 g/mol. The van der Waals surface area contributed by atoms with Gasteiger partial charge in [0.2, 0.25) is 0 Å². The van der Waals surface area contributed by atoms with Crippen molar-refractivity contribution in [2.75, 3.05) is 5.32 Å². The number of pyridine rings is 1. The first kappa shape index (κ1) is 19.1. The number of carbonyl (C=O) groups excluding carboxylic acids is 2. The number of nitrogens with one attached hydrogen (secondary N) is 1. The fourth-order valence-electron chi connectivity index (χ4n) is 2.54. The van der Waals surface area contributed by atoms with Gasteiger partial charge in [0, 0.05) is 18.6 Å². The molecule has 0 aliphatic carbocycles. The zero-order chi connectivity index (χ0) is 19.7. The van der Waals surface area contributed by atoms with Gasteiger partial charge in [-0.25, -0.2) is 9.78 Å². The van der Waals surface area contributed by atoms with E-state index in [2.05, 4.69) is 15.4 Å².